The molecule has 0 saturated heterocycles. The first kappa shape index (κ1) is 23.5. The van der Waals surface area contributed by atoms with Crippen LogP contribution < -0.4 is 9.47 Å². The van der Waals surface area contributed by atoms with Crippen molar-refractivity contribution in [1.82, 2.24) is 0 Å². The highest BCUT2D eigenvalue weighted by Crippen LogP contribution is 2.32. The second-order valence-corrected chi connectivity index (χ2v) is 7.65. The van der Waals surface area contributed by atoms with Crippen molar-refractivity contribution in [3.05, 3.63) is 144 Å². The molecule has 1 aliphatic rings. The van der Waals surface area contributed by atoms with Gasteiger partial charge in [-0.2, -0.15) is 0 Å². The fourth-order valence-electron chi connectivity index (χ4n) is 3.32. The van der Waals surface area contributed by atoms with Gasteiger partial charge in [-0.25, -0.2) is 0 Å². The topological polar surface area (TPSA) is 52.6 Å². The minimum absolute atomic E-state index is 0.0155. The molecule has 1 heterocycles. The zero-order valence-electron chi connectivity index (χ0n) is 19.0. The van der Waals surface area contributed by atoms with E-state index in [1.165, 1.54) is 0 Å². The molecule has 0 amide bonds. The normalized spacial score (nSPS) is 11.8. The maximum atomic E-state index is 11.9. The van der Waals surface area contributed by atoms with Crippen molar-refractivity contribution in [2.24, 2.45) is 0 Å². The third kappa shape index (κ3) is 6.89. The zero-order chi connectivity index (χ0) is 24.3. The van der Waals surface area contributed by atoms with E-state index in [2.05, 4.69) is 0 Å². The lowest BCUT2D eigenvalue weighted by Gasteiger charge is -1.98. The van der Waals surface area contributed by atoms with Crippen LogP contribution in [0.4, 0.5) is 0 Å². The summed E-state index contributed by atoms with van der Waals surface area (Å²) in [6.45, 7) is 0.255. The number of carbonyl (C=O) groups is 2. The van der Waals surface area contributed by atoms with E-state index in [0.717, 1.165) is 22.4 Å². The van der Waals surface area contributed by atoms with E-state index in [1.54, 1.807) is 30.4 Å². The van der Waals surface area contributed by atoms with Crippen LogP contribution in [0.1, 0.15) is 31.8 Å². The smallest absolute Gasteiger partial charge is 0.231 e. The average Bonchev–Trinajstić information content (AvgIpc) is 3.40. The van der Waals surface area contributed by atoms with E-state index in [0.29, 0.717) is 11.3 Å². The first-order valence-corrected chi connectivity index (χ1v) is 11.2. The van der Waals surface area contributed by atoms with Crippen LogP contribution in [0.2, 0.25) is 0 Å². The van der Waals surface area contributed by atoms with E-state index in [1.807, 2.05) is 103 Å². The van der Waals surface area contributed by atoms with Gasteiger partial charge in [0.05, 0.1) is 0 Å². The number of fused-ring (bicyclic) bond motifs is 1. The quantitative estimate of drug-likeness (QED) is 0.232. The molecule has 0 N–H and O–H groups in total. The van der Waals surface area contributed by atoms with Crippen molar-refractivity contribution in [2.75, 3.05) is 6.79 Å². The lowest BCUT2D eigenvalue weighted by Crippen LogP contribution is -1.93. The molecule has 5 rings (SSSR count). The summed E-state index contributed by atoms with van der Waals surface area (Å²) in [5, 5.41) is 0. The van der Waals surface area contributed by atoms with Crippen molar-refractivity contribution >= 4 is 23.7 Å². The minimum atomic E-state index is -0.0155. The summed E-state index contributed by atoms with van der Waals surface area (Å²) in [6, 6.07) is 33.8. The molecular weight excluding hydrogens is 436 g/mol. The number of ether oxygens (including phenoxy) is 2. The molecule has 0 spiro atoms. The summed E-state index contributed by atoms with van der Waals surface area (Å²) in [5.74, 6) is 1.48. The minimum Gasteiger partial charge on any atom is -0.454 e. The van der Waals surface area contributed by atoms with Gasteiger partial charge in [-0.15, -0.1) is 0 Å². The molecule has 35 heavy (non-hydrogen) atoms. The highest BCUT2D eigenvalue weighted by atomic mass is 16.7. The summed E-state index contributed by atoms with van der Waals surface area (Å²) in [5.41, 5.74) is 3.34. The Hall–Kier alpha value is -4.70. The van der Waals surface area contributed by atoms with Crippen molar-refractivity contribution in [1.29, 1.82) is 0 Å². The summed E-state index contributed by atoms with van der Waals surface area (Å²) in [4.78, 5) is 23.6. The number of rotatable bonds is 6. The molecule has 0 aromatic heterocycles. The zero-order valence-corrected chi connectivity index (χ0v) is 19.0. The number of benzene rings is 4. The maximum absolute atomic E-state index is 11.9. The lowest BCUT2D eigenvalue weighted by atomic mass is 10.1. The van der Waals surface area contributed by atoms with E-state index in [4.69, 9.17) is 9.47 Å². The third-order valence-electron chi connectivity index (χ3n) is 5.17. The van der Waals surface area contributed by atoms with Crippen LogP contribution in [0, 0.1) is 0 Å². The number of ketones is 2. The SMILES string of the molecule is O=C(C=Cc1ccc2c(c1)OCO2)c1ccccc1.O=C(C=Cc1ccccc1)c1ccccc1. The Labute approximate surface area is 204 Å². The standard InChI is InChI=1S/C16H12O3.C15H12O/c17-14(13-4-2-1-3-5-13)8-6-12-7-9-15-16(10-12)19-11-18-15;16-15(14-9-5-2-6-10-14)12-11-13-7-3-1-4-8-13/h1-10H,11H2;1-12H. The van der Waals surface area contributed by atoms with Crippen LogP contribution in [-0.2, 0) is 0 Å². The number of allylic oxidation sites excluding steroid dienone is 2. The van der Waals surface area contributed by atoms with Gasteiger partial charge in [0.15, 0.2) is 23.1 Å². The first-order valence-electron chi connectivity index (χ1n) is 11.2. The molecule has 0 unspecified atom stereocenters. The van der Waals surface area contributed by atoms with Gasteiger partial charge in [-0.05, 0) is 35.4 Å². The Kier molecular flexibility index (Phi) is 8.01. The highest BCUT2D eigenvalue weighted by molar-refractivity contribution is 6.07. The molecule has 4 heteroatoms. The molecule has 0 fully saturated rings. The fraction of sp³-hybridized carbons (Fsp3) is 0.0323. The van der Waals surface area contributed by atoms with E-state index in [-0.39, 0.29) is 18.4 Å². The van der Waals surface area contributed by atoms with Crippen molar-refractivity contribution in [3.8, 4) is 11.5 Å². The molecule has 4 aromatic rings. The van der Waals surface area contributed by atoms with Gasteiger partial charge in [-0.1, -0.05) is 109 Å². The van der Waals surface area contributed by atoms with E-state index < -0.39 is 0 Å². The monoisotopic (exact) mass is 460 g/mol. The van der Waals surface area contributed by atoms with Gasteiger partial charge >= 0.3 is 0 Å². The highest BCUT2D eigenvalue weighted by Gasteiger charge is 2.12. The Bertz CT molecular complexity index is 1320. The molecule has 0 atom stereocenters. The van der Waals surface area contributed by atoms with Crippen molar-refractivity contribution in [2.45, 2.75) is 0 Å². The predicted octanol–water partition coefficient (Wildman–Crippen LogP) is 6.89. The second kappa shape index (κ2) is 12.0. The average molecular weight is 461 g/mol. The number of hydrogen-bond donors (Lipinski definition) is 0. The Morgan fingerprint density at radius 1 is 0.543 bits per heavy atom. The van der Waals surface area contributed by atoms with Crippen LogP contribution in [0.25, 0.3) is 12.2 Å². The Morgan fingerprint density at radius 2 is 1.03 bits per heavy atom. The van der Waals surface area contributed by atoms with Gasteiger partial charge in [-0.3, -0.25) is 9.59 Å². The molecule has 4 nitrogen and oxygen atoms in total. The molecule has 0 saturated carbocycles. The molecular formula is C31H24O4. The fourth-order valence-corrected chi connectivity index (χ4v) is 3.32. The van der Waals surface area contributed by atoms with E-state index in [9.17, 15) is 9.59 Å². The maximum Gasteiger partial charge on any atom is 0.231 e. The predicted molar refractivity (Wildman–Crippen MR) is 139 cm³/mol. The Balaban J connectivity index is 0.000000168. The van der Waals surface area contributed by atoms with Gasteiger partial charge in [0.1, 0.15) is 0 Å². The second-order valence-electron chi connectivity index (χ2n) is 7.65. The Morgan fingerprint density at radius 3 is 1.60 bits per heavy atom. The molecule has 4 aromatic carbocycles. The van der Waals surface area contributed by atoms with Crippen LogP contribution >= 0.6 is 0 Å². The van der Waals surface area contributed by atoms with E-state index >= 15 is 0 Å². The lowest BCUT2D eigenvalue weighted by molar-refractivity contribution is 0.103. The summed E-state index contributed by atoms with van der Waals surface area (Å²) >= 11 is 0. The molecule has 172 valence electrons. The summed E-state index contributed by atoms with van der Waals surface area (Å²) < 4.78 is 10.5. The van der Waals surface area contributed by atoms with Crippen molar-refractivity contribution in [3.63, 3.8) is 0 Å². The van der Waals surface area contributed by atoms with Crippen molar-refractivity contribution < 1.29 is 19.1 Å². The first-order chi connectivity index (χ1) is 17.2. The van der Waals surface area contributed by atoms with Gasteiger partial charge in [0.25, 0.3) is 0 Å². The van der Waals surface area contributed by atoms with Crippen LogP contribution in [0.3, 0.4) is 0 Å². The molecule has 1 aliphatic heterocycles. The largest absolute Gasteiger partial charge is 0.454 e. The number of carbonyl (C=O) groups excluding carboxylic acids is 2. The van der Waals surface area contributed by atoms with Gasteiger partial charge < -0.3 is 9.47 Å². The van der Waals surface area contributed by atoms with Gasteiger partial charge in [0, 0.05) is 11.1 Å². The van der Waals surface area contributed by atoms with Gasteiger partial charge in [0.2, 0.25) is 6.79 Å². The van der Waals surface area contributed by atoms with Crippen LogP contribution in [0.15, 0.2) is 121 Å². The van der Waals surface area contributed by atoms with Crippen LogP contribution in [-0.4, -0.2) is 18.4 Å². The number of hydrogen-bond acceptors (Lipinski definition) is 4. The third-order valence-corrected chi connectivity index (χ3v) is 5.17. The summed E-state index contributed by atoms with van der Waals surface area (Å²) in [6.07, 6.45) is 6.77. The molecule has 0 bridgehead atoms. The van der Waals surface area contributed by atoms with Crippen LogP contribution in [0.5, 0.6) is 11.5 Å². The molecule has 0 aliphatic carbocycles. The summed E-state index contributed by atoms with van der Waals surface area (Å²) in [7, 11) is 0. The molecule has 0 radical (unpaired) electrons.